The zero-order chi connectivity index (χ0) is 28.7. The summed E-state index contributed by atoms with van der Waals surface area (Å²) >= 11 is 0. The van der Waals surface area contributed by atoms with E-state index in [-0.39, 0.29) is 22.8 Å². The van der Waals surface area contributed by atoms with E-state index in [1.807, 2.05) is 6.07 Å². The number of aliphatic hydroxyl groups excluding tert-OH is 1. The van der Waals surface area contributed by atoms with E-state index in [9.17, 15) is 26.7 Å². The molecule has 0 radical (unpaired) electrons. The van der Waals surface area contributed by atoms with Gasteiger partial charge in [-0.1, -0.05) is 31.0 Å². The van der Waals surface area contributed by atoms with Crippen LogP contribution in [-0.4, -0.2) is 61.0 Å². The maximum Gasteiger partial charge on any atom is 0.298 e. The molecule has 1 atom stereocenters. The first-order chi connectivity index (χ1) is 18.5. The van der Waals surface area contributed by atoms with Crippen molar-refractivity contribution in [1.82, 2.24) is 5.32 Å². The van der Waals surface area contributed by atoms with Gasteiger partial charge >= 0.3 is 0 Å². The van der Waals surface area contributed by atoms with E-state index in [2.05, 4.69) is 10.0 Å². The maximum atomic E-state index is 11.6. The summed E-state index contributed by atoms with van der Waals surface area (Å²) in [4.78, 5) is 10.8. The van der Waals surface area contributed by atoms with Crippen molar-refractivity contribution in [1.29, 1.82) is 0 Å². The number of nitrogens with two attached hydrogens (primary N) is 1. The molecule has 0 unspecified atom stereocenters. The number of benzene rings is 2. The molecule has 0 heterocycles. The van der Waals surface area contributed by atoms with E-state index < -0.39 is 26.2 Å². The molecule has 13 heteroatoms. The number of hydrogen-bond acceptors (Lipinski definition) is 9. The Morgan fingerprint density at radius 1 is 0.974 bits per heavy atom. The Morgan fingerprint density at radius 2 is 1.69 bits per heavy atom. The number of aliphatic hydroxyl groups is 1. The van der Waals surface area contributed by atoms with Gasteiger partial charge in [0, 0.05) is 19.8 Å². The highest BCUT2D eigenvalue weighted by molar-refractivity contribution is 7.92. The molecule has 0 spiro atoms. The van der Waals surface area contributed by atoms with Crippen LogP contribution >= 0.6 is 0 Å². The molecular weight excluding hydrogens is 546 g/mol. The lowest BCUT2D eigenvalue weighted by Crippen LogP contribution is -2.22. The van der Waals surface area contributed by atoms with Crippen LogP contribution in [0.15, 0.2) is 47.4 Å². The van der Waals surface area contributed by atoms with E-state index >= 15 is 0 Å². The van der Waals surface area contributed by atoms with Gasteiger partial charge in [0.2, 0.25) is 20.0 Å². The second-order valence-electron chi connectivity index (χ2n) is 9.24. The summed E-state index contributed by atoms with van der Waals surface area (Å²) < 4.78 is 58.7. The first-order valence-electron chi connectivity index (χ1n) is 12.8. The molecule has 2 aromatic rings. The Balaban J connectivity index is 1.53. The number of anilines is 1. The van der Waals surface area contributed by atoms with Crippen molar-refractivity contribution in [3.63, 3.8) is 0 Å². The standard InChI is InChI=1S/C26H39N3O8S2/c1-38(32,33)29-24-18-22(12-13-26(24)37-20-30)25(31)19-28-14-5-2-3-6-15-36-16-7-4-9-21-10-8-11-23(17-21)39(27,34)35/h8,10-13,17-18,20,25,28-29,31H,2-7,9,14-16,19H2,1H3,(H2,27,34,35)/t25-/m0/s1. The predicted octanol–water partition coefficient (Wildman–Crippen LogP) is 2.46. The van der Waals surface area contributed by atoms with Crippen LogP contribution in [0, 0.1) is 0 Å². The lowest BCUT2D eigenvalue weighted by molar-refractivity contribution is -0.120. The first-order valence-corrected chi connectivity index (χ1v) is 16.2. The fourth-order valence-electron chi connectivity index (χ4n) is 3.87. The number of unbranched alkanes of at least 4 members (excludes halogenated alkanes) is 4. The number of primary sulfonamides is 1. The van der Waals surface area contributed by atoms with Crippen molar-refractivity contribution in [3.05, 3.63) is 53.6 Å². The van der Waals surface area contributed by atoms with Crippen molar-refractivity contribution in [3.8, 4) is 5.75 Å². The van der Waals surface area contributed by atoms with E-state index in [4.69, 9.17) is 14.6 Å². The maximum absolute atomic E-state index is 11.6. The van der Waals surface area contributed by atoms with Gasteiger partial charge in [0.1, 0.15) is 0 Å². The summed E-state index contributed by atoms with van der Waals surface area (Å²) in [6, 6.07) is 11.1. The number of carbonyl (C=O) groups is 1. The van der Waals surface area contributed by atoms with Gasteiger partial charge in [-0.15, -0.1) is 0 Å². The van der Waals surface area contributed by atoms with Gasteiger partial charge < -0.3 is 19.9 Å². The zero-order valence-corrected chi connectivity index (χ0v) is 23.8. The summed E-state index contributed by atoms with van der Waals surface area (Å²) in [5.74, 6) is 0.0523. The first kappa shape index (κ1) is 32.7. The molecule has 0 aromatic heterocycles. The average Bonchev–Trinajstić information content (AvgIpc) is 2.86. The molecule has 0 aliphatic carbocycles. The summed E-state index contributed by atoms with van der Waals surface area (Å²) in [6.07, 6.45) is 6.65. The van der Waals surface area contributed by atoms with Crippen molar-refractivity contribution in [2.45, 2.75) is 55.9 Å². The van der Waals surface area contributed by atoms with Crippen LogP contribution < -0.4 is 19.9 Å². The minimum Gasteiger partial charge on any atom is -0.427 e. The van der Waals surface area contributed by atoms with Gasteiger partial charge in [-0.05, 0) is 74.0 Å². The SMILES string of the molecule is CS(=O)(=O)Nc1cc([C@@H](O)CNCCCCCCOCCCCc2cccc(S(N)(=O)=O)c2)ccc1OC=O. The molecule has 0 amide bonds. The Kier molecular flexibility index (Phi) is 13.8. The van der Waals surface area contributed by atoms with Crippen molar-refractivity contribution < 1.29 is 36.2 Å². The van der Waals surface area contributed by atoms with Gasteiger partial charge in [-0.25, -0.2) is 22.0 Å². The van der Waals surface area contributed by atoms with E-state index in [0.29, 0.717) is 25.3 Å². The van der Waals surface area contributed by atoms with Gasteiger partial charge in [0.25, 0.3) is 6.47 Å². The van der Waals surface area contributed by atoms with Crippen molar-refractivity contribution in [2.24, 2.45) is 5.14 Å². The van der Waals surface area contributed by atoms with Crippen LogP contribution in [0.2, 0.25) is 0 Å². The summed E-state index contributed by atoms with van der Waals surface area (Å²) in [7, 11) is -7.27. The largest absolute Gasteiger partial charge is 0.427 e. The molecule has 0 aliphatic heterocycles. The minimum atomic E-state index is -3.68. The zero-order valence-electron chi connectivity index (χ0n) is 22.2. The lowest BCUT2D eigenvalue weighted by atomic mass is 10.1. The highest BCUT2D eigenvalue weighted by Crippen LogP contribution is 2.28. The van der Waals surface area contributed by atoms with E-state index in [1.165, 1.54) is 18.2 Å². The molecular formula is C26H39N3O8S2. The van der Waals surface area contributed by atoms with Gasteiger partial charge in [0.05, 0.1) is 22.9 Å². The molecule has 2 aromatic carbocycles. The second kappa shape index (κ2) is 16.5. The quantitative estimate of drug-likeness (QED) is 0.134. The molecule has 0 saturated heterocycles. The fraction of sp³-hybridized carbons (Fsp3) is 0.500. The Bertz CT molecular complexity index is 1250. The number of ether oxygens (including phenoxy) is 2. The molecule has 0 saturated carbocycles. The normalized spacial score (nSPS) is 12.7. The fourth-order valence-corrected chi connectivity index (χ4v) is 5.01. The number of aryl methyl sites for hydroxylation is 1. The molecule has 39 heavy (non-hydrogen) atoms. The third-order valence-electron chi connectivity index (χ3n) is 5.82. The number of nitrogens with one attached hydrogen (secondary N) is 2. The topological polar surface area (TPSA) is 174 Å². The third kappa shape index (κ3) is 13.4. The van der Waals surface area contributed by atoms with Crippen LogP contribution in [0.1, 0.15) is 55.8 Å². The summed E-state index contributed by atoms with van der Waals surface area (Å²) in [6.45, 7) is 2.59. The number of hydrogen-bond donors (Lipinski definition) is 4. The molecule has 11 nitrogen and oxygen atoms in total. The van der Waals surface area contributed by atoms with Crippen LogP contribution in [0.3, 0.4) is 0 Å². The molecule has 5 N–H and O–H groups in total. The molecule has 0 fully saturated rings. The smallest absolute Gasteiger partial charge is 0.298 e. The predicted molar refractivity (Wildman–Crippen MR) is 149 cm³/mol. The number of sulfonamides is 2. The highest BCUT2D eigenvalue weighted by atomic mass is 32.2. The van der Waals surface area contributed by atoms with Crippen LogP contribution in [-0.2, 0) is 36.0 Å². The van der Waals surface area contributed by atoms with Gasteiger partial charge in [0.15, 0.2) is 5.75 Å². The van der Waals surface area contributed by atoms with Gasteiger partial charge in [-0.3, -0.25) is 9.52 Å². The number of carbonyl (C=O) groups excluding carboxylic acids is 1. The van der Waals surface area contributed by atoms with Crippen LogP contribution in [0.25, 0.3) is 0 Å². The van der Waals surface area contributed by atoms with Crippen molar-refractivity contribution >= 4 is 32.2 Å². The molecule has 218 valence electrons. The Labute approximate surface area is 231 Å². The minimum absolute atomic E-state index is 0.0523. The average molecular weight is 586 g/mol. The molecule has 0 aliphatic rings. The van der Waals surface area contributed by atoms with Gasteiger partial charge in [-0.2, -0.15) is 0 Å². The van der Waals surface area contributed by atoms with Crippen LogP contribution in [0.4, 0.5) is 5.69 Å². The van der Waals surface area contributed by atoms with E-state index in [1.54, 1.807) is 18.2 Å². The monoisotopic (exact) mass is 585 g/mol. The summed E-state index contributed by atoms with van der Waals surface area (Å²) in [5, 5.41) is 18.8. The summed E-state index contributed by atoms with van der Waals surface area (Å²) in [5.41, 5.74) is 1.51. The van der Waals surface area contributed by atoms with Crippen molar-refractivity contribution in [2.75, 3.05) is 37.3 Å². The second-order valence-corrected chi connectivity index (χ2v) is 12.5. The van der Waals surface area contributed by atoms with E-state index in [0.717, 1.165) is 63.3 Å². The molecule has 2 rings (SSSR count). The lowest BCUT2D eigenvalue weighted by Gasteiger charge is -2.15. The van der Waals surface area contributed by atoms with Crippen LogP contribution in [0.5, 0.6) is 5.75 Å². The third-order valence-corrected chi connectivity index (χ3v) is 7.32. The highest BCUT2D eigenvalue weighted by Gasteiger charge is 2.14. The Hall–Kier alpha value is -2.55. The Morgan fingerprint density at radius 3 is 2.38 bits per heavy atom. The number of rotatable bonds is 20. The molecule has 0 bridgehead atoms.